The van der Waals surface area contributed by atoms with Crippen LogP contribution in [0.5, 0.6) is 0 Å². The number of rotatable bonds is 5. The molecule has 0 saturated carbocycles. The average Bonchev–Trinajstić information content (AvgIpc) is 2.23. The van der Waals surface area contributed by atoms with Crippen LogP contribution in [0.25, 0.3) is 0 Å². The highest BCUT2D eigenvalue weighted by Crippen LogP contribution is 2.16. The number of nitrogens with zero attached hydrogens (tertiary/aromatic N) is 1. The van der Waals surface area contributed by atoms with Gasteiger partial charge in [-0.05, 0) is 20.4 Å². The van der Waals surface area contributed by atoms with Crippen molar-refractivity contribution in [3.05, 3.63) is 0 Å². The zero-order valence-electron chi connectivity index (χ0n) is 10.4. The molecule has 94 valence electrons. The minimum atomic E-state index is -0.708. The predicted molar refractivity (Wildman–Crippen MR) is 61.4 cm³/mol. The van der Waals surface area contributed by atoms with E-state index in [9.17, 15) is 4.79 Å². The maximum Gasteiger partial charge on any atom is 0.253 e. The van der Waals surface area contributed by atoms with Crippen molar-refractivity contribution in [3.63, 3.8) is 0 Å². The summed E-state index contributed by atoms with van der Waals surface area (Å²) in [6.07, 6.45) is 0.828. The Balaban J connectivity index is 2.33. The number of carbonyl (C=O) groups excluding carboxylic acids is 1. The Morgan fingerprint density at radius 3 is 3.00 bits per heavy atom. The molecule has 0 bridgehead atoms. The van der Waals surface area contributed by atoms with Crippen LogP contribution in [0.2, 0.25) is 0 Å². The molecule has 1 amide bonds. The molecule has 0 spiro atoms. The minimum absolute atomic E-state index is 0.0323. The number of morpholine rings is 1. The summed E-state index contributed by atoms with van der Waals surface area (Å²) in [4.78, 5) is 14.0. The highest BCUT2D eigenvalue weighted by atomic mass is 16.5. The highest BCUT2D eigenvalue weighted by Gasteiger charge is 2.37. The summed E-state index contributed by atoms with van der Waals surface area (Å²) < 4.78 is 10.5. The number of hydrogen-bond donors (Lipinski definition) is 1. The molecule has 1 aliphatic rings. The summed E-state index contributed by atoms with van der Waals surface area (Å²) in [5.74, 6) is -0.0323. The van der Waals surface area contributed by atoms with Gasteiger partial charge in [-0.3, -0.25) is 4.79 Å². The van der Waals surface area contributed by atoms with E-state index in [-0.39, 0.29) is 5.91 Å². The molecule has 0 aromatic rings. The molecule has 0 aliphatic carbocycles. The van der Waals surface area contributed by atoms with E-state index in [2.05, 4.69) is 10.2 Å². The van der Waals surface area contributed by atoms with E-state index in [4.69, 9.17) is 9.47 Å². The molecule has 5 nitrogen and oxygen atoms in total. The van der Waals surface area contributed by atoms with Crippen LogP contribution in [0.4, 0.5) is 0 Å². The second-order valence-electron chi connectivity index (χ2n) is 4.42. The Morgan fingerprint density at radius 1 is 1.62 bits per heavy atom. The summed E-state index contributed by atoms with van der Waals surface area (Å²) in [6, 6.07) is 0. The molecule has 0 radical (unpaired) electrons. The highest BCUT2D eigenvalue weighted by molar-refractivity contribution is 5.85. The lowest BCUT2D eigenvalue weighted by molar-refractivity contribution is -0.155. The Hall–Kier alpha value is -0.650. The minimum Gasteiger partial charge on any atom is -0.385 e. The maximum absolute atomic E-state index is 11.9. The van der Waals surface area contributed by atoms with E-state index in [1.54, 1.807) is 7.11 Å². The molecular weight excluding hydrogens is 208 g/mol. The molecule has 0 aromatic heterocycles. The van der Waals surface area contributed by atoms with Gasteiger partial charge in [-0.25, -0.2) is 0 Å². The van der Waals surface area contributed by atoms with E-state index >= 15 is 0 Å². The van der Waals surface area contributed by atoms with Crippen LogP contribution in [-0.4, -0.2) is 63.4 Å². The Labute approximate surface area is 97.1 Å². The summed E-state index contributed by atoms with van der Waals surface area (Å²) in [5, 5.41) is 2.88. The van der Waals surface area contributed by atoms with Crippen LogP contribution in [0.15, 0.2) is 0 Å². The van der Waals surface area contributed by atoms with Gasteiger partial charge in [0.1, 0.15) is 0 Å². The fraction of sp³-hybridized carbons (Fsp3) is 0.909. The van der Waals surface area contributed by atoms with Crippen molar-refractivity contribution in [3.8, 4) is 0 Å². The number of carbonyl (C=O) groups is 1. The number of methoxy groups -OCH3 is 1. The van der Waals surface area contributed by atoms with Gasteiger partial charge in [0.2, 0.25) is 0 Å². The first kappa shape index (κ1) is 13.4. The molecule has 1 aliphatic heterocycles. The number of hydrogen-bond acceptors (Lipinski definition) is 4. The van der Waals surface area contributed by atoms with Crippen LogP contribution in [0.1, 0.15) is 13.3 Å². The molecule has 1 fully saturated rings. The first-order chi connectivity index (χ1) is 7.58. The van der Waals surface area contributed by atoms with Gasteiger partial charge in [-0.1, -0.05) is 0 Å². The predicted octanol–water partition coefficient (Wildman–Crippen LogP) is -0.140. The zero-order valence-corrected chi connectivity index (χ0v) is 10.4. The monoisotopic (exact) mass is 230 g/mol. The molecule has 0 unspecified atom stereocenters. The third kappa shape index (κ3) is 3.73. The van der Waals surface area contributed by atoms with Crippen molar-refractivity contribution in [1.29, 1.82) is 0 Å². The fourth-order valence-electron chi connectivity index (χ4n) is 1.81. The molecule has 0 aromatic carbocycles. The van der Waals surface area contributed by atoms with Gasteiger partial charge in [-0.15, -0.1) is 0 Å². The van der Waals surface area contributed by atoms with Crippen molar-refractivity contribution < 1.29 is 14.3 Å². The summed E-state index contributed by atoms with van der Waals surface area (Å²) in [6.45, 7) is 5.27. The molecule has 1 saturated heterocycles. The third-order valence-electron chi connectivity index (χ3n) is 2.76. The molecule has 1 atom stereocenters. The van der Waals surface area contributed by atoms with Gasteiger partial charge in [0.15, 0.2) is 5.60 Å². The summed E-state index contributed by atoms with van der Waals surface area (Å²) in [7, 11) is 3.65. The van der Waals surface area contributed by atoms with Crippen LogP contribution < -0.4 is 5.32 Å². The molecule has 1 rings (SSSR count). The summed E-state index contributed by atoms with van der Waals surface area (Å²) >= 11 is 0. The van der Waals surface area contributed by atoms with E-state index in [1.807, 2.05) is 14.0 Å². The van der Waals surface area contributed by atoms with Crippen molar-refractivity contribution in [1.82, 2.24) is 10.2 Å². The molecule has 16 heavy (non-hydrogen) atoms. The lowest BCUT2D eigenvalue weighted by Gasteiger charge is -2.37. The normalized spacial score (nSPS) is 26.7. The SMILES string of the molecule is COCCCNC(=O)[C@@]1(C)CN(C)CCO1. The topological polar surface area (TPSA) is 50.8 Å². The van der Waals surface area contributed by atoms with E-state index in [1.165, 1.54) is 0 Å². The smallest absolute Gasteiger partial charge is 0.253 e. The lowest BCUT2D eigenvalue weighted by Crippen LogP contribution is -2.57. The number of likely N-dealkylation sites (N-methyl/N-ethyl adjacent to an activating group) is 1. The second-order valence-corrected chi connectivity index (χ2v) is 4.42. The molecule has 1 heterocycles. The Bertz CT molecular complexity index is 235. The van der Waals surface area contributed by atoms with E-state index in [0.29, 0.717) is 26.3 Å². The lowest BCUT2D eigenvalue weighted by atomic mass is 10.0. The first-order valence-corrected chi connectivity index (χ1v) is 5.68. The Morgan fingerprint density at radius 2 is 2.38 bits per heavy atom. The van der Waals surface area contributed by atoms with Gasteiger partial charge in [0.25, 0.3) is 5.91 Å². The van der Waals surface area contributed by atoms with Gasteiger partial charge in [0.05, 0.1) is 6.61 Å². The number of ether oxygens (including phenoxy) is 2. The van der Waals surface area contributed by atoms with Crippen molar-refractivity contribution in [2.24, 2.45) is 0 Å². The average molecular weight is 230 g/mol. The largest absolute Gasteiger partial charge is 0.385 e. The Kier molecular flexibility index (Phi) is 5.18. The van der Waals surface area contributed by atoms with Gasteiger partial charge in [-0.2, -0.15) is 0 Å². The first-order valence-electron chi connectivity index (χ1n) is 5.68. The van der Waals surface area contributed by atoms with E-state index < -0.39 is 5.60 Å². The van der Waals surface area contributed by atoms with Gasteiger partial charge >= 0.3 is 0 Å². The number of amides is 1. The maximum atomic E-state index is 11.9. The van der Waals surface area contributed by atoms with Crippen molar-refractivity contribution >= 4 is 5.91 Å². The zero-order chi connectivity index (χ0) is 12.0. The van der Waals surface area contributed by atoms with Crippen LogP contribution >= 0.6 is 0 Å². The van der Waals surface area contributed by atoms with Crippen molar-refractivity contribution in [2.45, 2.75) is 18.9 Å². The molecule has 1 N–H and O–H groups in total. The standard InChI is InChI=1S/C11H22N2O3/c1-11(9-13(2)6-8-16-11)10(14)12-5-4-7-15-3/h4-9H2,1-3H3,(H,12,14)/t11-/m1/s1. The third-order valence-corrected chi connectivity index (χ3v) is 2.76. The molecule has 5 heteroatoms. The van der Waals surface area contributed by atoms with Crippen LogP contribution in [-0.2, 0) is 14.3 Å². The van der Waals surface area contributed by atoms with Gasteiger partial charge in [0, 0.05) is 33.4 Å². The van der Waals surface area contributed by atoms with Crippen LogP contribution in [0, 0.1) is 0 Å². The second kappa shape index (κ2) is 6.18. The summed E-state index contributed by atoms with van der Waals surface area (Å²) in [5.41, 5.74) is -0.708. The van der Waals surface area contributed by atoms with E-state index in [0.717, 1.165) is 13.0 Å². The van der Waals surface area contributed by atoms with Crippen molar-refractivity contribution in [2.75, 3.05) is 47.0 Å². The van der Waals surface area contributed by atoms with Crippen LogP contribution in [0.3, 0.4) is 0 Å². The number of nitrogens with one attached hydrogen (secondary N) is 1. The quantitative estimate of drug-likeness (QED) is 0.668. The van der Waals surface area contributed by atoms with Gasteiger partial charge < -0.3 is 19.7 Å². The molecular formula is C11H22N2O3. The fourth-order valence-corrected chi connectivity index (χ4v) is 1.81.